The number of aliphatic carboxylic acids is 1. The quantitative estimate of drug-likeness (QED) is 0.784. The molecule has 1 atom stereocenters. The van der Waals surface area contributed by atoms with Crippen molar-refractivity contribution < 1.29 is 9.90 Å². The van der Waals surface area contributed by atoms with E-state index in [1.165, 1.54) is 0 Å². The lowest BCUT2D eigenvalue weighted by Crippen LogP contribution is -2.30. The second kappa shape index (κ2) is 3.57. The van der Waals surface area contributed by atoms with E-state index in [9.17, 15) is 9.90 Å². The highest BCUT2D eigenvalue weighted by atomic mass is 16.4. The Morgan fingerprint density at radius 1 is 1.44 bits per heavy atom. The topological polar surface area (TPSA) is 68.0 Å². The summed E-state index contributed by atoms with van der Waals surface area (Å²) in [7, 11) is 0. The van der Waals surface area contributed by atoms with Crippen molar-refractivity contribution in [3.8, 4) is 0 Å². The summed E-state index contributed by atoms with van der Waals surface area (Å²) in [5.74, 6) is 0.796. The van der Waals surface area contributed by atoms with Crippen LogP contribution in [0.15, 0.2) is 0 Å². The summed E-state index contributed by atoms with van der Waals surface area (Å²) in [5.41, 5.74) is -0.170. The van der Waals surface area contributed by atoms with Crippen molar-refractivity contribution in [1.29, 1.82) is 0 Å². The maximum absolute atomic E-state index is 11.2. The van der Waals surface area contributed by atoms with Gasteiger partial charge in [0.25, 0.3) is 0 Å². The molecule has 1 aliphatic rings. The zero-order chi connectivity index (χ0) is 11.9. The van der Waals surface area contributed by atoms with Gasteiger partial charge in [-0.15, -0.1) is 10.2 Å². The van der Waals surface area contributed by atoms with Crippen LogP contribution in [0.5, 0.6) is 0 Å². The molecule has 5 heteroatoms. The molecule has 0 radical (unpaired) electrons. The van der Waals surface area contributed by atoms with Crippen LogP contribution in [-0.2, 0) is 16.6 Å². The molecule has 0 aromatic carbocycles. The number of fused-ring (bicyclic) bond motifs is 1. The van der Waals surface area contributed by atoms with Crippen LogP contribution < -0.4 is 0 Å². The van der Waals surface area contributed by atoms with Crippen LogP contribution >= 0.6 is 0 Å². The van der Waals surface area contributed by atoms with E-state index >= 15 is 0 Å². The van der Waals surface area contributed by atoms with Crippen LogP contribution in [0.25, 0.3) is 0 Å². The molecule has 0 amide bonds. The summed E-state index contributed by atoms with van der Waals surface area (Å²) in [6, 6.07) is -0.493. The SMILES string of the molecule is CC(C)(C)c1nnc2n1C(C(=O)O)CCC2. The van der Waals surface area contributed by atoms with Crippen LogP contribution in [0.1, 0.15) is 51.3 Å². The Morgan fingerprint density at radius 2 is 2.12 bits per heavy atom. The summed E-state index contributed by atoms with van der Waals surface area (Å²) in [5, 5.41) is 17.5. The number of carboxylic acid groups (broad SMARTS) is 1. The molecule has 2 rings (SSSR count). The predicted octanol–water partition coefficient (Wildman–Crippen LogP) is 1.54. The third-order valence-corrected chi connectivity index (χ3v) is 2.91. The van der Waals surface area contributed by atoms with Gasteiger partial charge in [0, 0.05) is 11.8 Å². The van der Waals surface area contributed by atoms with E-state index in [0.717, 1.165) is 24.5 Å². The highest BCUT2D eigenvalue weighted by molar-refractivity contribution is 5.72. The summed E-state index contributed by atoms with van der Waals surface area (Å²) in [4.78, 5) is 11.2. The number of nitrogens with zero attached hydrogens (tertiary/aromatic N) is 3. The monoisotopic (exact) mass is 223 g/mol. The van der Waals surface area contributed by atoms with Crippen molar-refractivity contribution in [2.75, 3.05) is 0 Å². The fourth-order valence-corrected chi connectivity index (χ4v) is 2.15. The zero-order valence-corrected chi connectivity index (χ0v) is 9.90. The van der Waals surface area contributed by atoms with Gasteiger partial charge in [-0.05, 0) is 12.8 Å². The van der Waals surface area contributed by atoms with Crippen LogP contribution in [-0.4, -0.2) is 25.8 Å². The minimum atomic E-state index is -0.786. The molecule has 0 aliphatic carbocycles. The van der Waals surface area contributed by atoms with Gasteiger partial charge in [-0.3, -0.25) is 0 Å². The third kappa shape index (κ3) is 1.70. The van der Waals surface area contributed by atoms with Crippen LogP contribution in [0.4, 0.5) is 0 Å². The van der Waals surface area contributed by atoms with Crippen molar-refractivity contribution >= 4 is 5.97 Å². The number of carbonyl (C=O) groups is 1. The molecule has 1 unspecified atom stereocenters. The first-order chi connectivity index (χ1) is 7.41. The molecule has 0 bridgehead atoms. The molecule has 1 aliphatic heterocycles. The fourth-order valence-electron chi connectivity index (χ4n) is 2.15. The number of hydrogen-bond donors (Lipinski definition) is 1. The van der Waals surface area contributed by atoms with Gasteiger partial charge in [-0.1, -0.05) is 20.8 Å². The molecule has 1 N–H and O–H groups in total. The minimum absolute atomic E-state index is 0.170. The van der Waals surface area contributed by atoms with Crippen molar-refractivity contribution in [1.82, 2.24) is 14.8 Å². The van der Waals surface area contributed by atoms with Gasteiger partial charge in [0.15, 0.2) is 0 Å². The van der Waals surface area contributed by atoms with Crippen molar-refractivity contribution in [3.05, 3.63) is 11.6 Å². The smallest absolute Gasteiger partial charge is 0.326 e. The molecule has 0 fully saturated rings. The number of aryl methyl sites for hydroxylation is 1. The first kappa shape index (κ1) is 11.1. The predicted molar refractivity (Wildman–Crippen MR) is 58.3 cm³/mol. The summed E-state index contributed by atoms with van der Waals surface area (Å²) < 4.78 is 1.81. The van der Waals surface area contributed by atoms with Crippen molar-refractivity contribution in [3.63, 3.8) is 0 Å². The Labute approximate surface area is 94.5 Å². The third-order valence-electron chi connectivity index (χ3n) is 2.91. The maximum atomic E-state index is 11.2. The molecule has 0 saturated heterocycles. The van der Waals surface area contributed by atoms with Gasteiger partial charge in [0.2, 0.25) is 0 Å². The summed E-state index contributed by atoms with van der Waals surface area (Å²) in [6.45, 7) is 6.08. The lowest BCUT2D eigenvalue weighted by molar-refractivity contribution is -0.141. The van der Waals surface area contributed by atoms with Gasteiger partial charge >= 0.3 is 5.97 Å². The van der Waals surface area contributed by atoms with Gasteiger partial charge in [-0.25, -0.2) is 4.79 Å². The van der Waals surface area contributed by atoms with Gasteiger partial charge in [0.05, 0.1) is 0 Å². The summed E-state index contributed by atoms with van der Waals surface area (Å²) in [6.07, 6.45) is 2.37. The highest BCUT2D eigenvalue weighted by Crippen LogP contribution is 2.30. The van der Waals surface area contributed by atoms with Gasteiger partial charge < -0.3 is 9.67 Å². The van der Waals surface area contributed by atoms with E-state index in [-0.39, 0.29) is 5.41 Å². The summed E-state index contributed by atoms with van der Waals surface area (Å²) >= 11 is 0. The second-order valence-corrected chi connectivity index (χ2v) is 5.31. The van der Waals surface area contributed by atoms with E-state index in [2.05, 4.69) is 10.2 Å². The van der Waals surface area contributed by atoms with E-state index in [4.69, 9.17) is 0 Å². The average molecular weight is 223 g/mol. The Hall–Kier alpha value is -1.39. The fraction of sp³-hybridized carbons (Fsp3) is 0.727. The van der Waals surface area contributed by atoms with E-state index < -0.39 is 12.0 Å². The Morgan fingerprint density at radius 3 is 2.69 bits per heavy atom. The van der Waals surface area contributed by atoms with Crippen molar-refractivity contribution in [2.45, 2.75) is 51.5 Å². The molecule has 5 nitrogen and oxygen atoms in total. The molecule has 16 heavy (non-hydrogen) atoms. The second-order valence-electron chi connectivity index (χ2n) is 5.31. The normalized spacial score (nSPS) is 20.6. The molecular formula is C11H17N3O2. The van der Waals surface area contributed by atoms with E-state index in [1.54, 1.807) is 0 Å². The molecule has 88 valence electrons. The Balaban J connectivity index is 2.52. The molecule has 1 aromatic heterocycles. The number of hydrogen-bond acceptors (Lipinski definition) is 3. The molecule has 0 spiro atoms. The van der Waals surface area contributed by atoms with Gasteiger partial charge in [0.1, 0.15) is 17.7 Å². The first-order valence-electron chi connectivity index (χ1n) is 5.58. The number of carboxylic acids is 1. The molecule has 0 saturated carbocycles. The lowest BCUT2D eigenvalue weighted by Gasteiger charge is -2.26. The Bertz CT molecular complexity index is 417. The number of aromatic nitrogens is 3. The van der Waals surface area contributed by atoms with Crippen LogP contribution in [0.3, 0.4) is 0 Å². The van der Waals surface area contributed by atoms with Crippen LogP contribution in [0, 0.1) is 0 Å². The average Bonchev–Trinajstić information content (AvgIpc) is 2.59. The molecule has 1 aromatic rings. The molecular weight excluding hydrogens is 206 g/mol. The van der Waals surface area contributed by atoms with Crippen molar-refractivity contribution in [2.24, 2.45) is 0 Å². The zero-order valence-electron chi connectivity index (χ0n) is 9.90. The largest absolute Gasteiger partial charge is 0.480 e. The lowest BCUT2D eigenvalue weighted by atomic mass is 9.94. The van der Waals surface area contributed by atoms with E-state index in [0.29, 0.717) is 6.42 Å². The van der Waals surface area contributed by atoms with Crippen LogP contribution in [0.2, 0.25) is 0 Å². The number of rotatable bonds is 1. The standard InChI is InChI=1S/C11H17N3O2/c1-11(2,3)10-13-12-8-6-4-5-7(9(15)16)14(8)10/h7H,4-6H2,1-3H3,(H,15,16). The molecule has 2 heterocycles. The Kier molecular flexibility index (Phi) is 2.48. The van der Waals surface area contributed by atoms with E-state index in [1.807, 2.05) is 25.3 Å². The highest BCUT2D eigenvalue weighted by Gasteiger charge is 2.33. The maximum Gasteiger partial charge on any atom is 0.326 e. The minimum Gasteiger partial charge on any atom is -0.480 e. The van der Waals surface area contributed by atoms with Gasteiger partial charge in [-0.2, -0.15) is 0 Å². The first-order valence-corrected chi connectivity index (χ1v) is 5.58.